The van der Waals surface area contributed by atoms with E-state index in [-0.39, 0.29) is 16.9 Å². The summed E-state index contributed by atoms with van der Waals surface area (Å²) < 4.78 is 23.7. The molecule has 0 spiro atoms. The maximum Gasteiger partial charge on any atom is 0.154 e. The summed E-state index contributed by atoms with van der Waals surface area (Å²) in [5.74, 6) is 1.11. The zero-order valence-electron chi connectivity index (χ0n) is 11.3. The molecule has 0 aliphatic carbocycles. The van der Waals surface area contributed by atoms with Crippen LogP contribution < -0.4 is 5.32 Å². The molecule has 1 unspecified atom stereocenters. The fourth-order valence-corrected chi connectivity index (χ4v) is 2.96. The van der Waals surface area contributed by atoms with Crippen LogP contribution in [0.2, 0.25) is 0 Å². The van der Waals surface area contributed by atoms with E-state index < -0.39 is 9.84 Å². The molecule has 98 valence electrons. The third kappa shape index (κ3) is 6.48. The molecule has 0 aromatic heterocycles. The first-order valence-electron chi connectivity index (χ1n) is 6.19. The summed E-state index contributed by atoms with van der Waals surface area (Å²) in [6.07, 6.45) is 1.10. The Labute approximate surface area is 101 Å². The Kier molecular flexibility index (Phi) is 7.24. The smallest absolute Gasteiger partial charge is 0.154 e. The van der Waals surface area contributed by atoms with Gasteiger partial charge in [-0.05, 0) is 31.7 Å². The minimum atomic E-state index is -2.92. The standard InChI is InChI=1S/C12H27NO2S/c1-10(2)6-7-13-8-9-16(14,15)12(5)11(3)4/h10-13H,6-9H2,1-5H3. The van der Waals surface area contributed by atoms with Crippen LogP contribution in [0.15, 0.2) is 0 Å². The molecule has 1 atom stereocenters. The van der Waals surface area contributed by atoms with Gasteiger partial charge in [0, 0.05) is 6.54 Å². The molecule has 1 N–H and O–H groups in total. The van der Waals surface area contributed by atoms with E-state index in [2.05, 4.69) is 19.2 Å². The largest absolute Gasteiger partial charge is 0.316 e. The lowest BCUT2D eigenvalue weighted by Gasteiger charge is -2.16. The third-order valence-corrected chi connectivity index (χ3v) is 5.42. The highest BCUT2D eigenvalue weighted by Gasteiger charge is 2.22. The van der Waals surface area contributed by atoms with Crippen LogP contribution in [0.1, 0.15) is 41.0 Å². The van der Waals surface area contributed by atoms with Crippen LogP contribution in [0.3, 0.4) is 0 Å². The van der Waals surface area contributed by atoms with E-state index in [4.69, 9.17) is 0 Å². The van der Waals surface area contributed by atoms with Gasteiger partial charge in [-0.25, -0.2) is 8.42 Å². The van der Waals surface area contributed by atoms with Gasteiger partial charge in [0.2, 0.25) is 0 Å². The quantitative estimate of drug-likeness (QED) is 0.670. The molecule has 0 aromatic rings. The highest BCUT2D eigenvalue weighted by atomic mass is 32.2. The Bertz CT molecular complexity index is 271. The third-order valence-electron chi connectivity index (χ3n) is 2.97. The first-order chi connectivity index (χ1) is 7.27. The van der Waals surface area contributed by atoms with Gasteiger partial charge < -0.3 is 5.32 Å². The molecule has 0 rings (SSSR count). The lowest BCUT2D eigenvalue weighted by atomic mass is 10.1. The Morgan fingerprint density at radius 3 is 2.00 bits per heavy atom. The first kappa shape index (κ1) is 15.9. The van der Waals surface area contributed by atoms with Crippen molar-refractivity contribution in [3.8, 4) is 0 Å². The maximum atomic E-state index is 11.8. The van der Waals surface area contributed by atoms with Gasteiger partial charge >= 0.3 is 0 Å². The Morgan fingerprint density at radius 1 is 1.00 bits per heavy atom. The molecule has 0 aliphatic rings. The molecule has 0 radical (unpaired) electrons. The monoisotopic (exact) mass is 249 g/mol. The van der Waals surface area contributed by atoms with E-state index in [1.54, 1.807) is 6.92 Å². The Morgan fingerprint density at radius 2 is 1.56 bits per heavy atom. The van der Waals surface area contributed by atoms with Crippen LogP contribution in [0.5, 0.6) is 0 Å². The molecule has 0 saturated carbocycles. The number of hydrogen-bond donors (Lipinski definition) is 1. The van der Waals surface area contributed by atoms with Gasteiger partial charge in [-0.15, -0.1) is 0 Å². The summed E-state index contributed by atoms with van der Waals surface area (Å²) in [6.45, 7) is 11.5. The highest BCUT2D eigenvalue weighted by molar-refractivity contribution is 7.92. The minimum Gasteiger partial charge on any atom is -0.316 e. The molecule has 0 fully saturated rings. The van der Waals surface area contributed by atoms with E-state index in [1.165, 1.54) is 0 Å². The van der Waals surface area contributed by atoms with Crippen LogP contribution in [-0.2, 0) is 9.84 Å². The lowest BCUT2D eigenvalue weighted by Crippen LogP contribution is -2.31. The minimum absolute atomic E-state index is 0.195. The van der Waals surface area contributed by atoms with Crippen molar-refractivity contribution in [3.63, 3.8) is 0 Å². The molecule has 0 saturated heterocycles. The van der Waals surface area contributed by atoms with Gasteiger partial charge in [0.25, 0.3) is 0 Å². The van der Waals surface area contributed by atoms with Crippen LogP contribution in [0.25, 0.3) is 0 Å². The molecule has 0 aliphatic heterocycles. The Balaban J connectivity index is 3.84. The van der Waals surface area contributed by atoms with Gasteiger partial charge in [-0.3, -0.25) is 0 Å². The van der Waals surface area contributed by atoms with Crippen LogP contribution in [0.4, 0.5) is 0 Å². The number of nitrogens with one attached hydrogen (secondary N) is 1. The molecule has 0 amide bonds. The van der Waals surface area contributed by atoms with Crippen molar-refractivity contribution in [3.05, 3.63) is 0 Å². The molecule has 0 bridgehead atoms. The molecule has 16 heavy (non-hydrogen) atoms. The van der Waals surface area contributed by atoms with Crippen molar-refractivity contribution in [1.82, 2.24) is 5.32 Å². The van der Waals surface area contributed by atoms with E-state index in [0.29, 0.717) is 12.5 Å². The van der Waals surface area contributed by atoms with Crippen LogP contribution >= 0.6 is 0 Å². The van der Waals surface area contributed by atoms with Crippen molar-refractivity contribution in [2.75, 3.05) is 18.8 Å². The van der Waals surface area contributed by atoms with E-state index >= 15 is 0 Å². The van der Waals surface area contributed by atoms with Crippen molar-refractivity contribution in [2.45, 2.75) is 46.3 Å². The van der Waals surface area contributed by atoms with Crippen molar-refractivity contribution in [1.29, 1.82) is 0 Å². The van der Waals surface area contributed by atoms with Crippen molar-refractivity contribution >= 4 is 9.84 Å². The van der Waals surface area contributed by atoms with E-state index in [1.807, 2.05) is 13.8 Å². The van der Waals surface area contributed by atoms with Gasteiger partial charge in [-0.2, -0.15) is 0 Å². The predicted octanol–water partition coefficient (Wildman–Crippen LogP) is 2.08. The molecular weight excluding hydrogens is 222 g/mol. The topological polar surface area (TPSA) is 46.2 Å². The van der Waals surface area contributed by atoms with Crippen molar-refractivity contribution < 1.29 is 8.42 Å². The molecule has 4 heteroatoms. The Hall–Kier alpha value is -0.0900. The van der Waals surface area contributed by atoms with Crippen LogP contribution in [-0.4, -0.2) is 32.5 Å². The van der Waals surface area contributed by atoms with Gasteiger partial charge in [-0.1, -0.05) is 27.7 Å². The second kappa shape index (κ2) is 7.28. The van der Waals surface area contributed by atoms with Gasteiger partial charge in [0.1, 0.15) is 0 Å². The summed E-state index contributed by atoms with van der Waals surface area (Å²) >= 11 is 0. The van der Waals surface area contributed by atoms with Gasteiger partial charge in [0.15, 0.2) is 9.84 Å². The maximum absolute atomic E-state index is 11.8. The summed E-state index contributed by atoms with van der Waals surface area (Å²) in [6, 6.07) is 0. The second-order valence-corrected chi connectivity index (χ2v) is 7.73. The zero-order chi connectivity index (χ0) is 12.8. The van der Waals surface area contributed by atoms with Gasteiger partial charge in [0.05, 0.1) is 11.0 Å². The average Bonchev–Trinajstić information content (AvgIpc) is 2.15. The molecule has 0 heterocycles. The predicted molar refractivity (Wildman–Crippen MR) is 70.4 cm³/mol. The first-order valence-corrected chi connectivity index (χ1v) is 7.91. The molecule has 0 aromatic carbocycles. The number of hydrogen-bond acceptors (Lipinski definition) is 3. The normalized spacial score (nSPS) is 14.7. The second-order valence-electron chi connectivity index (χ2n) is 5.25. The fourth-order valence-electron chi connectivity index (χ4n) is 1.33. The molecular formula is C12H27NO2S. The summed E-state index contributed by atoms with van der Waals surface area (Å²) in [4.78, 5) is 0. The lowest BCUT2D eigenvalue weighted by molar-refractivity contribution is 0.531. The highest BCUT2D eigenvalue weighted by Crippen LogP contribution is 2.11. The fraction of sp³-hybridized carbons (Fsp3) is 1.00. The number of rotatable bonds is 8. The molecule has 3 nitrogen and oxygen atoms in total. The summed E-state index contributed by atoms with van der Waals surface area (Å²) in [5.41, 5.74) is 0. The van der Waals surface area contributed by atoms with E-state index in [0.717, 1.165) is 13.0 Å². The number of sulfone groups is 1. The SMILES string of the molecule is CC(C)CCNCCS(=O)(=O)C(C)C(C)C. The van der Waals surface area contributed by atoms with Crippen LogP contribution in [0, 0.1) is 11.8 Å². The summed E-state index contributed by atoms with van der Waals surface area (Å²) in [5, 5.41) is 2.95. The van der Waals surface area contributed by atoms with E-state index in [9.17, 15) is 8.42 Å². The zero-order valence-corrected chi connectivity index (χ0v) is 12.1. The summed E-state index contributed by atoms with van der Waals surface area (Å²) in [7, 11) is -2.92. The van der Waals surface area contributed by atoms with Crippen molar-refractivity contribution in [2.24, 2.45) is 11.8 Å². The average molecular weight is 249 g/mol.